The van der Waals surface area contributed by atoms with Gasteiger partial charge < -0.3 is 4.98 Å². The lowest BCUT2D eigenvalue weighted by atomic mass is 10.0. The molecule has 1 aliphatic heterocycles. The van der Waals surface area contributed by atoms with Crippen molar-refractivity contribution in [3.05, 3.63) is 62.3 Å². The van der Waals surface area contributed by atoms with Crippen molar-refractivity contribution in [3.63, 3.8) is 0 Å². The molecule has 1 aromatic carbocycles. The Morgan fingerprint density at radius 2 is 1.96 bits per heavy atom. The Morgan fingerprint density at radius 3 is 2.65 bits per heavy atom. The van der Waals surface area contributed by atoms with Crippen LogP contribution in [0.3, 0.4) is 0 Å². The fourth-order valence-corrected chi connectivity index (χ4v) is 3.45. The lowest BCUT2D eigenvalue weighted by Crippen LogP contribution is -2.35. The average Bonchev–Trinajstić information content (AvgIpc) is 2.46. The zero-order valence-electron chi connectivity index (χ0n) is 14.3. The van der Waals surface area contributed by atoms with E-state index in [9.17, 15) is 4.79 Å². The molecule has 0 unspecified atom stereocenters. The number of aromatic nitrogens is 2. The molecule has 1 N–H and O–H groups in total. The van der Waals surface area contributed by atoms with Gasteiger partial charge in [0.2, 0.25) is 0 Å². The van der Waals surface area contributed by atoms with Crippen LogP contribution in [-0.2, 0) is 25.9 Å². The van der Waals surface area contributed by atoms with Crippen molar-refractivity contribution in [3.8, 4) is 0 Å². The number of benzene rings is 1. The average molecular weight is 311 g/mol. The molecule has 0 aliphatic carbocycles. The zero-order valence-corrected chi connectivity index (χ0v) is 14.3. The first-order valence-electron chi connectivity index (χ1n) is 8.45. The molecule has 0 radical (unpaired) electrons. The third-order valence-electron chi connectivity index (χ3n) is 4.38. The maximum absolute atomic E-state index is 12.2. The van der Waals surface area contributed by atoms with Gasteiger partial charge >= 0.3 is 0 Å². The molecule has 4 heteroatoms. The highest BCUT2D eigenvalue weighted by Gasteiger charge is 2.21. The van der Waals surface area contributed by atoms with E-state index < -0.39 is 0 Å². The molecule has 0 saturated heterocycles. The van der Waals surface area contributed by atoms with Gasteiger partial charge in [-0.05, 0) is 32.3 Å². The third-order valence-corrected chi connectivity index (χ3v) is 4.38. The van der Waals surface area contributed by atoms with Crippen molar-refractivity contribution in [2.24, 2.45) is 0 Å². The zero-order chi connectivity index (χ0) is 16.4. The van der Waals surface area contributed by atoms with Crippen LogP contribution in [0.4, 0.5) is 0 Å². The van der Waals surface area contributed by atoms with Gasteiger partial charge in [0.1, 0.15) is 5.82 Å². The van der Waals surface area contributed by atoms with Crippen LogP contribution in [0.15, 0.2) is 23.0 Å². The van der Waals surface area contributed by atoms with Crippen molar-refractivity contribution in [1.82, 2.24) is 14.9 Å². The summed E-state index contributed by atoms with van der Waals surface area (Å²) >= 11 is 0. The Hall–Kier alpha value is -1.94. The van der Waals surface area contributed by atoms with Crippen molar-refractivity contribution in [1.29, 1.82) is 0 Å². The smallest absolute Gasteiger partial charge is 0.254 e. The number of hydrogen-bond acceptors (Lipinski definition) is 3. The summed E-state index contributed by atoms with van der Waals surface area (Å²) in [7, 11) is 0. The van der Waals surface area contributed by atoms with E-state index in [1.54, 1.807) is 0 Å². The number of H-pyrrole nitrogens is 1. The van der Waals surface area contributed by atoms with E-state index in [4.69, 9.17) is 4.98 Å². The van der Waals surface area contributed by atoms with Gasteiger partial charge in [0.25, 0.3) is 5.56 Å². The predicted octanol–water partition coefficient (Wildman–Crippen LogP) is 2.90. The van der Waals surface area contributed by atoms with Gasteiger partial charge in [-0.15, -0.1) is 0 Å². The SMILES string of the molecule is CCCc1nc2c(c(=O)[nH]1)CCN(Cc1cc(C)cc(C)c1)C2. The number of nitrogens with one attached hydrogen (secondary N) is 1. The first-order chi connectivity index (χ1) is 11.0. The molecule has 2 aromatic rings. The Bertz CT molecular complexity index is 743. The predicted molar refractivity (Wildman–Crippen MR) is 92.6 cm³/mol. The highest BCUT2D eigenvalue weighted by Crippen LogP contribution is 2.18. The summed E-state index contributed by atoms with van der Waals surface area (Å²) < 4.78 is 0. The summed E-state index contributed by atoms with van der Waals surface area (Å²) in [5.74, 6) is 0.824. The summed E-state index contributed by atoms with van der Waals surface area (Å²) in [6, 6.07) is 6.69. The van der Waals surface area contributed by atoms with Crippen LogP contribution in [0.25, 0.3) is 0 Å². The maximum atomic E-state index is 12.2. The molecule has 23 heavy (non-hydrogen) atoms. The van der Waals surface area contributed by atoms with Gasteiger partial charge in [-0.1, -0.05) is 36.2 Å². The number of fused-ring (bicyclic) bond motifs is 1. The molecule has 0 saturated carbocycles. The van der Waals surface area contributed by atoms with E-state index in [-0.39, 0.29) is 5.56 Å². The molecule has 1 aromatic heterocycles. The Balaban J connectivity index is 1.80. The molecular weight excluding hydrogens is 286 g/mol. The first-order valence-corrected chi connectivity index (χ1v) is 8.45. The van der Waals surface area contributed by atoms with Crippen LogP contribution in [0.2, 0.25) is 0 Å². The summed E-state index contributed by atoms with van der Waals surface area (Å²) in [6.45, 7) is 8.98. The normalized spacial score (nSPS) is 14.7. The fraction of sp³-hybridized carbons (Fsp3) is 0.474. The quantitative estimate of drug-likeness (QED) is 0.944. The van der Waals surface area contributed by atoms with Gasteiger partial charge in [-0.3, -0.25) is 9.69 Å². The highest BCUT2D eigenvalue weighted by molar-refractivity contribution is 5.29. The molecule has 0 bridgehead atoms. The second-order valence-electron chi connectivity index (χ2n) is 6.64. The Morgan fingerprint density at radius 1 is 1.22 bits per heavy atom. The fourth-order valence-electron chi connectivity index (χ4n) is 3.45. The highest BCUT2D eigenvalue weighted by atomic mass is 16.1. The number of hydrogen-bond donors (Lipinski definition) is 1. The number of aromatic amines is 1. The third kappa shape index (κ3) is 3.70. The molecule has 122 valence electrons. The lowest BCUT2D eigenvalue weighted by Gasteiger charge is -2.28. The lowest BCUT2D eigenvalue weighted by molar-refractivity contribution is 0.240. The summed E-state index contributed by atoms with van der Waals surface area (Å²) in [4.78, 5) is 22.2. The van der Waals surface area contributed by atoms with Gasteiger partial charge in [-0.2, -0.15) is 0 Å². The van der Waals surface area contributed by atoms with Crippen molar-refractivity contribution in [2.45, 2.75) is 53.1 Å². The molecule has 0 fully saturated rings. The van der Waals surface area contributed by atoms with Crippen molar-refractivity contribution < 1.29 is 0 Å². The van der Waals surface area contributed by atoms with Crippen LogP contribution in [0, 0.1) is 13.8 Å². The summed E-state index contributed by atoms with van der Waals surface area (Å²) in [6.07, 6.45) is 2.61. The summed E-state index contributed by atoms with van der Waals surface area (Å²) in [5, 5.41) is 0. The van der Waals surface area contributed by atoms with Crippen LogP contribution < -0.4 is 5.56 Å². The van der Waals surface area contributed by atoms with E-state index in [1.807, 2.05) is 0 Å². The van der Waals surface area contributed by atoms with E-state index >= 15 is 0 Å². The minimum Gasteiger partial charge on any atom is -0.310 e. The number of aryl methyl sites for hydroxylation is 3. The molecule has 0 spiro atoms. The maximum Gasteiger partial charge on any atom is 0.254 e. The second-order valence-corrected chi connectivity index (χ2v) is 6.64. The van der Waals surface area contributed by atoms with Crippen molar-refractivity contribution in [2.75, 3.05) is 6.54 Å². The first kappa shape index (κ1) is 15.9. The van der Waals surface area contributed by atoms with Gasteiger partial charge in [-0.25, -0.2) is 4.98 Å². The van der Waals surface area contributed by atoms with Crippen LogP contribution in [-0.4, -0.2) is 21.4 Å². The standard InChI is InChI=1S/C19H25N3O/c1-4-5-18-20-17-12-22(7-6-16(17)19(23)21-18)11-15-9-13(2)8-14(3)10-15/h8-10H,4-7,11-12H2,1-3H3,(H,20,21,23). The number of rotatable bonds is 4. The van der Waals surface area contributed by atoms with Crippen LogP contribution in [0.5, 0.6) is 0 Å². The second kappa shape index (κ2) is 6.67. The van der Waals surface area contributed by atoms with Gasteiger partial charge in [0, 0.05) is 31.6 Å². The van der Waals surface area contributed by atoms with E-state index in [2.05, 4.69) is 48.9 Å². The van der Waals surface area contributed by atoms with Gasteiger partial charge in [0.05, 0.1) is 5.69 Å². The molecule has 2 heterocycles. The minimum absolute atomic E-state index is 0.0597. The van der Waals surface area contributed by atoms with Gasteiger partial charge in [0.15, 0.2) is 0 Å². The largest absolute Gasteiger partial charge is 0.310 e. The Labute approximate surface area is 137 Å². The minimum atomic E-state index is 0.0597. The van der Waals surface area contributed by atoms with E-state index in [1.165, 1.54) is 16.7 Å². The van der Waals surface area contributed by atoms with Crippen LogP contribution in [0.1, 0.15) is 47.1 Å². The monoisotopic (exact) mass is 311 g/mol. The molecule has 1 aliphatic rings. The molecule has 0 amide bonds. The number of nitrogens with zero attached hydrogens (tertiary/aromatic N) is 2. The van der Waals surface area contributed by atoms with E-state index in [0.717, 1.165) is 56.0 Å². The molecule has 3 rings (SSSR count). The Kier molecular flexibility index (Phi) is 4.62. The summed E-state index contributed by atoms with van der Waals surface area (Å²) in [5.41, 5.74) is 5.85. The van der Waals surface area contributed by atoms with Crippen LogP contribution >= 0.6 is 0 Å². The molecular formula is C19H25N3O. The van der Waals surface area contributed by atoms with E-state index in [0.29, 0.717) is 0 Å². The molecule has 0 atom stereocenters. The topological polar surface area (TPSA) is 49.0 Å². The molecule has 4 nitrogen and oxygen atoms in total. The van der Waals surface area contributed by atoms with Crippen molar-refractivity contribution >= 4 is 0 Å².